The van der Waals surface area contributed by atoms with Crippen LogP contribution in [0.1, 0.15) is 38.2 Å². The van der Waals surface area contributed by atoms with Crippen LogP contribution in [0.2, 0.25) is 0 Å². The van der Waals surface area contributed by atoms with Gasteiger partial charge in [0.05, 0.1) is 5.75 Å². The van der Waals surface area contributed by atoms with E-state index >= 15 is 0 Å². The fourth-order valence-corrected chi connectivity index (χ4v) is 2.74. The summed E-state index contributed by atoms with van der Waals surface area (Å²) in [6.07, 6.45) is 4.61. The van der Waals surface area contributed by atoms with Gasteiger partial charge in [0.1, 0.15) is 0 Å². The number of carbonyl (C=O) groups excluding carboxylic acids is 1. The van der Waals surface area contributed by atoms with Crippen LogP contribution in [-0.2, 0) is 4.79 Å². The number of carbonyl (C=O) groups is 1. The summed E-state index contributed by atoms with van der Waals surface area (Å²) >= 11 is 1.27. The van der Waals surface area contributed by atoms with Crippen LogP contribution in [0, 0.1) is 6.92 Å². The van der Waals surface area contributed by atoms with Crippen molar-refractivity contribution in [1.29, 1.82) is 0 Å². The second-order valence-corrected chi connectivity index (χ2v) is 6.31. The Hall–Kier alpha value is -1.82. The fraction of sp³-hybridized carbons (Fsp3) is 0.471. The molecule has 0 atom stereocenters. The van der Waals surface area contributed by atoms with E-state index in [0.29, 0.717) is 16.9 Å². The molecule has 0 aliphatic rings. The molecular formula is C17H23N3O2S. The molecule has 6 heteroatoms. The van der Waals surface area contributed by atoms with Crippen LogP contribution in [0.25, 0.3) is 11.5 Å². The van der Waals surface area contributed by atoms with E-state index in [-0.39, 0.29) is 5.91 Å². The van der Waals surface area contributed by atoms with E-state index in [1.54, 1.807) is 0 Å². The second kappa shape index (κ2) is 9.35. The van der Waals surface area contributed by atoms with Crippen molar-refractivity contribution >= 4 is 17.7 Å². The molecule has 0 bridgehead atoms. The van der Waals surface area contributed by atoms with Gasteiger partial charge in [-0.2, -0.15) is 0 Å². The van der Waals surface area contributed by atoms with E-state index in [1.807, 2.05) is 31.2 Å². The Morgan fingerprint density at radius 1 is 1.22 bits per heavy atom. The number of benzene rings is 1. The smallest absolute Gasteiger partial charge is 0.277 e. The minimum atomic E-state index is 0.00198. The number of amides is 1. The molecule has 5 nitrogen and oxygen atoms in total. The molecule has 2 rings (SSSR count). The topological polar surface area (TPSA) is 68.0 Å². The van der Waals surface area contributed by atoms with Crippen molar-refractivity contribution in [1.82, 2.24) is 15.5 Å². The Kier molecular flexibility index (Phi) is 7.13. The zero-order valence-corrected chi connectivity index (χ0v) is 14.5. The Morgan fingerprint density at radius 2 is 2.04 bits per heavy atom. The monoisotopic (exact) mass is 333 g/mol. The third kappa shape index (κ3) is 5.71. The van der Waals surface area contributed by atoms with Crippen LogP contribution >= 0.6 is 11.8 Å². The minimum absolute atomic E-state index is 0.00198. The highest BCUT2D eigenvalue weighted by Crippen LogP contribution is 2.25. The first-order chi connectivity index (χ1) is 11.2. The van der Waals surface area contributed by atoms with E-state index in [2.05, 4.69) is 22.4 Å². The van der Waals surface area contributed by atoms with Crippen LogP contribution < -0.4 is 5.32 Å². The Morgan fingerprint density at radius 3 is 2.83 bits per heavy atom. The maximum absolute atomic E-state index is 11.8. The van der Waals surface area contributed by atoms with E-state index in [4.69, 9.17) is 4.42 Å². The number of aromatic nitrogens is 2. The number of hydrogen-bond donors (Lipinski definition) is 1. The first kappa shape index (κ1) is 17.5. The predicted octanol–water partition coefficient (Wildman–Crippen LogP) is 3.83. The van der Waals surface area contributed by atoms with E-state index in [0.717, 1.165) is 30.5 Å². The molecule has 0 spiro atoms. The second-order valence-electron chi connectivity index (χ2n) is 5.39. The van der Waals surface area contributed by atoms with Gasteiger partial charge in [-0.25, -0.2) is 0 Å². The van der Waals surface area contributed by atoms with Crippen molar-refractivity contribution in [3.8, 4) is 11.5 Å². The zero-order chi connectivity index (χ0) is 16.5. The van der Waals surface area contributed by atoms with Crippen LogP contribution in [-0.4, -0.2) is 28.4 Å². The first-order valence-corrected chi connectivity index (χ1v) is 8.98. The third-order valence-electron chi connectivity index (χ3n) is 3.46. The summed E-state index contributed by atoms with van der Waals surface area (Å²) in [5.41, 5.74) is 2.00. The highest BCUT2D eigenvalue weighted by atomic mass is 32.2. The van der Waals surface area contributed by atoms with Gasteiger partial charge in [-0.3, -0.25) is 4.79 Å². The normalized spacial score (nSPS) is 10.7. The number of hydrogen-bond acceptors (Lipinski definition) is 5. The van der Waals surface area contributed by atoms with Crippen LogP contribution in [0.5, 0.6) is 0 Å². The van der Waals surface area contributed by atoms with Gasteiger partial charge in [-0.15, -0.1) is 10.2 Å². The quantitative estimate of drug-likeness (QED) is 0.558. The van der Waals surface area contributed by atoms with Crippen molar-refractivity contribution in [2.45, 2.75) is 44.8 Å². The maximum atomic E-state index is 11.8. The average Bonchev–Trinajstić information content (AvgIpc) is 3.02. The van der Waals surface area contributed by atoms with Crippen molar-refractivity contribution in [3.05, 3.63) is 29.8 Å². The number of rotatable bonds is 9. The number of unbranched alkanes of at least 4 members (excludes halogenated alkanes) is 3. The standard InChI is InChI=1S/C17H23N3O2S/c1-3-4-5-8-11-18-15(21)12-23-17-20-19-16(22-17)14-10-7-6-9-13(14)2/h6-7,9-10H,3-5,8,11-12H2,1-2H3,(H,18,21). The van der Waals surface area contributed by atoms with Gasteiger partial charge in [0.25, 0.3) is 5.22 Å². The molecule has 124 valence electrons. The number of thioether (sulfide) groups is 1. The lowest BCUT2D eigenvalue weighted by Gasteiger charge is -2.03. The van der Waals surface area contributed by atoms with Crippen LogP contribution in [0.4, 0.5) is 0 Å². The number of nitrogens with one attached hydrogen (secondary N) is 1. The molecule has 0 aliphatic carbocycles. The van der Waals surface area contributed by atoms with Crippen molar-refractivity contribution in [3.63, 3.8) is 0 Å². The molecule has 1 heterocycles. The van der Waals surface area contributed by atoms with E-state index in [1.165, 1.54) is 24.6 Å². The molecule has 0 saturated heterocycles. The fourth-order valence-electron chi connectivity index (χ4n) is 2.15. The summed E-state index contributed by atoms with van der Waals surface area (Å²) in [4.78, 5) is 11.8. The van der Waals surface area contributed by atoms with Gasteiger partial charge in [0.2, 0.25) is 11.8 Å². The Balaban J connectivity index is 1.77. The molecule has 1 N–H and O–H groups in total. The van der Waals surface area contributed by atoms with Gasteiger partial charge < -0.3 is 9.73 Å². The summed E-state index contributed by atoms with van der Waals surface area (Å²) < 4.78 is 5.62. The lowest BCUT2D eigenvalue weighted by Crippen LogP contribution is -2.26. The molecule has 1 aromatic heterocycles. The largest absolute Gasteiger partial charge is 0.411 e. The summed E-state index contributed by atoms with van der Waals surface area (Å²) in [5, 5.41) is 11.4. The van der Waals surface area contributed by atoms with Gasteiger partial charge >= 0.3 is 0 Å². The molecule has 1 amide bonds. The van der Waals surface area contributed by atoms with Crippen molar-refractivity contribution < 1.29 is 9.21 Å². The van der Waals surface area contributed by atoms with Gasteiger partial charge in [-0.1, -0.05) is 56.1 Å². The first-order valence-electron chi connectivity index (χ1n) is 7.99. The SMILES string of the molecule is CCCCCCNC(=O)CSc1nnc(-c2ccccc2C)o1. The molecule has 2 aromatic rings. The summed E-state index contributed by atoms with van der Waals surface area (Å²) in [5.74, 6) is 0.788. The van der Waals surface area contributed by atoms with Crippen LogP contribution in [0.3, 0.4) is 0 Å². The number of nitrogens with zero attached hydrogens (tertiary/aromatic N) is 2. The molecular weight excluding hydrogens is 310 g/mol. The highest BCUT2D eigenvalue weighted by Gasteiger charge is 2.12. The Bertz CT molecular complexity index is 628. The lowest BCUT2D eigenvalue weighted by molar-refractivity contribution is -0.118. The molecule has 0 radical (unpaired) electrons. The van der Waals surface area contributed by atoms with Gasteiger partial charge in [0, 0.05) is 12.1 Å². The van der Waals surface area contributed by atoms with E-state index in [9.17, 15) is 4.79 Å². The van der Waals surface area contributed by atoms with Crippen molar-refractivity contribution in [2.75, 3.05) is 12.3 Å². The molecule has 0 aliphatic heterocycles. The van der Waals surface area contributed by atoms with Crippen LogP contribution in [0.15, 0.2) is 33.9 Å². The van der Waals surface area contributed by atoms with E-state index < -0.39 is 0 Å². The molecule has 1 aromatic carbocycles. The molecule has 0 saturated carbocycles. The van der Waals surface area contributed by atoms with Gasteiger partial charge in [-0.05, 0) is 25.0 Å². The molecule has 0 unspecified atom stereocenters. The molecule has 0 fully saturated rings. The zero-order valence-electron chi connectivity index (χ0n) is 13.7. The lowest BCUT2D eigenvalue weighted by atomic mass is 10.1. The van der Waals surface area contributed by atoms with Crippen molar-refractivity contribution in [2.24, 2.45) is 0 Å². The van der Waals surface area contributed by atoms with Gasteiger partial charge in [0.15, 0.2) is 0 Å². The summed E-state index contributed by atoms with van der Waals surface area (Å²) in [6, 6.07) is 7.85. The highest BCUT2D eigenvalue weighted by molar-refractivity contribution is 7.99. The predicted molar refractivity (Wildman–Crippen MR) is 92.3 cm³/mol. The molecule has 23 heavy (non-hydrogen) atoms. The summed E-state index contributed by atoms with van der Waals surface area (Å²) in [7, 11) is 0. The Labute approximate surface area is 141 Å². The number of aryl methyl sites for hydroxylation is 1. The minimum Gasteiger partial charge on any atom is -0.411 e. The average molecular weight is 333 g/mol. The third-order valence-corrected chi connectivity index (χ3v) is 4.28. The maximum Gasteiger partial charge on any atom is 0.277 e. The summed E-state index contributed by atoms with van der Waals surface area (Å²) in [6.45, 7) is 4.90.